The molecule has 61 nitrogen and oxygen atoms in total. The van der Waals surface area contributed by atoms with Crippen LogP contribution in [0.5, 0.6) is 0 Å². The third kappa shape index (κ3) is 22.8. The summed E-state index contributed by atoms with van der Waals surface area (Å²) in [6.45, 7) is -3.40. The van der Waals surface area contributed by atoms with E-state index in [9.17, 15) is 145 Å². The van der Waals surface area contributed by atoms with E-state index in [1.54, 1.807) is 0 Å². The third-order valence-electron chi connectivity index (χ3n) is 11.6. The zero-order valence-electron chi connectivity index (χ0n) is 47.2. The molecule has 15 N–H and O–H groups in total. The van der Waals surface area contributed by atoms with Gasteiger partial charge in [0.05, 0.1) is 62.3 Å². The molecule has 100 heavy (non-hydrogen) atoms. The Labute approximate surface area is 548 Å². The minimum Gasteiger partial charge on any atom is -0.790 e. The van der Waals surface area contributed by atoms with Crippen molar-refractivity contribution in [3.05, 3.63) is 50.0 Å². The molecule has 6 aromatic rings. The Balaban J connectivity index is 0.000000382. The molecule has 8 radical (unpaired) electrons. The lowest BCUT2D eigenvalue weighted by Crippen LogP contribution is -2.34. The maximum Gasteiger partial charge on any atom is 3.00 e. The van der Waals surface area contributed by atoms with Crippen molar-refractivity contribution in [2.45, 2.75) is 73.6 Å². The topological polar surface area (TPSA) is 1050 Å². The molecule has 18 atom stereocenters. The quantitative estimate of drug-likeness (QED) is 0.0250. The van der Waals surface area contributed by atoms with Crippen molar-refractivity contribution < 1.29 is 184 Å². The number of fused-ring (bicyclic) bond motifs is 3. The van der Waals surface area contributed by atoms with Gasteiger partial charge < -0.3 is 148 Å². The number of aromatic amines is 3. The zero-order chi connectivity index (χ0) is 72.2. The van der Waals surface area contributed by atoms with Gasteiger partial charge in [0, 0.05) is 0 Å². The molecule has 548 valence electrons. The van der Waals surface area contributed by atoms with E-state index < -0.39 is 181 Å². The second-order valence-electron chi connectivity index (χ2n) is 18.4. The standard InChI is InChI=1S/3C10H16N5O14P3.4N/c3*11-10-13-7-4(8(18)14-10)12-2-15(7)9-6(17)5(16)3(27-9)1-26-31(22,23)29-32(24,25)28-30(19,20)21;;;;/h3*2-3,5-6,9,16-17H,1H2,(H,22,23)(H,24,25)(H2,19,20,21)(H3,11,13,14,18);;;;/q;;;4*+3/p-12/t3*3-,5-,6-,9-;;;;/m111..../s1. The highest BCUT2D eigenvalue weighted by Gasteiger charge is 3.00. The van der Waals surface area contributed by atoms with Crippen LogP contribution in [0, 0.1) is 0 Å². The van der Waals surface area contributed by atoms with E-state index in [2.05, 4.69) is 84.3 Å². The lowest BCUT2D eigenvalue weighted by atomic mass is 10.1. The number of hydrogen-bond donors (Lipinski definition) is 12. The largest absolute Gasteiger partial charge is 3.00 e. The van der Waals surface area contributed by atoms with Gasteiger partial charge in [-0.3, -0.25) is 83.4 Å². The number of anilines is 3. The molecule has 3 fully saturated rings. The first-order chi connectivity index (χ1) is 43.8. The van der Waals surface area contributed by atoms with Crippen LogP contribution >= 0.6 is 70.4 Å². The van der Waals surface area contributed by atoms with Crippen LogP contribution in [0.4, 0.5) is 17.8 Å². The van der Waals surface area contributed by atoms with E-state index in [1.165, 1.54) is 0 Å². The molecule has 0 saturated carbocycles. The highest BCUT2D eigenvalue weighted by molar-refractivity contribution is 7.66. The minimum atomic E-state index is -6.17. The molecule has 9 rings (SSSR count). The van der Waals surface area contributed by atoms with Gasteiger partial charge in [0.15, 0.2) is 52.2 Å². The summed E-state index contributed by atoms with van der Waals surface area (Å²) < 4.78 is 150. The van der Waals surface area contributed by atoms with Crippen LogP contribution in [0.15, 0.2) is 33.4 Å². The number of ether oxygens (including phenoxy) is 3. The fourth-order valence-corrected chi connectivity index (χ4v) is 16.6. The van der Waals surface area contributed by atoms with Crippen LogP contribution in [0.25, 0.3) is 33.5 Å². The van der Waals surface area contributed by atoms with Crippen LogP contribution in [-0.4, -0.2) is 164 Å². The van der Waals surface area contributed by atoms with Gasteiger partial charge in [-0.05, 0) is 0 Å². The van der Waals surface area contributed by atoms with E-state index in [1.807, 2.05) is 0 Å². The van der Waals surface area contributed by atoms with Crippen molar-refractivity contribution in [2.24, 2.45) is 0 Å². The van der Waals surface area contributed by atoms with Gasteiger partial charge in [-0.25, -0.2) is 27.9 Å². The van der Waals surface area contributed by atoms with E-state index in [0.717, 1.165) is 32.7 Å². The molecule has 6 aromatic heterocycles. The number of phosphoric acid groups is 9. The van der Waals surface area contributed by atoms with Gasteiger partial charge in [-0.1, -0.05) is 0 Å². The van der Waals surface area contributed by atoms with Crippen molar-refractivity contribution in [3.63, 3.8) is 0 Å². The first-order valence-corrected chi connectivity index (χ1v) is 37.3. The molecule has 0 aromatic carbocycles. The van der Waals surface area contributed by atoms with Gasteiger partial charge in [0.2, 0.25) is 17.8 Å². The van der Waals surface area contributed by atoms with Crippen molar-refractivity contribution in [1.82, 2.24) is 83.2 Å². The van der Waals surface area contributed by atoms with Crippen LogP contribution in [0.2, 0.25) is 0 Å². The van der Waals surface area contributed by atoms with Crippen molar-refractivity contribution in [1.29, 1.82) is 0 Å². The Morgan fingerprint density at radius 1 is 0.380 bits per heavy atom. The number of rotatable bonds is 24. The molecule has 70 heteroatoms. The van der Waals surface area contributed by atoms with E-state index in [4.69, 9.17) is 31.4 Å². The highest BCUT2D eigenvalue weighted by Crippen LogP contribution is 2.63. The summed E-state index contributed by atoms with van der Waals surface area (Å²) in [7, 11) is -54.5. The van der Waals surface area contributed by atoms with Gasteiger partial charge in [-0.15, -0.1) is 0 Å². The predicted octanol–water partition coefficient (Wildman–Crippen LogP) is -16.5. The zero-order valence-corrected chi connectivity index (χ0v) is 55.3. The van der Waals surface area contributed by atoms with Crippen molar-refractivity contribution in [3.8, 4) is 0 Å². The Morgan fingerprint density at radius 2 is 0.590 bits per heavy atom. The predicted molar refractivity (Wildman–Crippen MR) is 277 cm³/mol. The molecular formula is C30H36N19O42P9. The maximum atomic E-state index is 11.8. The lowest BCUT2D eigenvalue weighted by molar-refractivity contribution is -0.342. The number of nitrogens with zero attached hydrogens (tertiary/aromatic N) is 13. The number of nitrogens with two attached hydrogens (primary N) is 3. The highest BCUT2D eigenvalue weighted by atomic mass is 31.3. The summed E-state index contributed by atoms with van der Waals surface area (Å²) in [5, 5.41) is 61.0. The third-order valence-corrected chi connectivity index (χ3v) is 22.6. The summed E-state index contributed by atoms with van der Waals surface area (Å²) in [4.78, 5) is 195. The van der Waals surface area contributed by atoms with Gasteiger partial charge in [-0.2, -0.15) is 15.0 Å². The van der Waals surface area contributed by atoms with Crippen LogP contribution in [0.1, 0.15) is 18.7 Å². The van der Waals surface area contributed by atoms with E-state index >= 15 is 0 Å². The first kappa shape index (κ1) is 88.4. The molecule has 3 aliphatic rings. The average molecular weight is 1610 g/mol. The molecule has 0 bridgehead atoms. The normalized spacial score (nSPS) is 26.8. The fourth-order valence-electron chi connectivity index (χ4n) is 8.02. The summed E-state index contributed by atoms with van der Waals surface area (Å²) >= 11 is 0. The van der Waals surface area contributed by atoms with Crippen molar-refractivity contribution >= 4 is 122 Å². The number of aliphatic hydroxyl groups is 6. The summed E-state index contributed by atoms with van der Waals surface area (Å²) in [5.74, 6) is -0.898. The number of nitrogens with one attached hydrogen (secondary N) is 3. The first-order valence-electron chi connectivity index (χ1n) is 24.1. The Morgan fingerprint density at radius 3 is 0.790 bits per heavy atom. The van der Waals surface area contributed by atoms with E-state index in [0.29, 0.717) is 0 Å². The fraction of sp³-hybridized carbons (Fsp3) is 0.500. The number of nitrogen functional groups attached to an aromatic ring is 3. The number of aliphatic hydroxyl groups excluding tert-OH is 6. The molecular weight excluding hydrogens is 1580 g/mol. The smallest absolute Gasteiger partial charge is 0.790 e. The second kappa shape index (κ2) is 32.4. The molecule has 6 unspecified atom stereocenters. The van der Waals surface area contributed by atoms with Crippen LogP contribution < -0.4 is 117 Å². The number of H-pyrrole nitrogens is 3. The number of aromatic nitrogens is 12. The number of hydrogen-bond acceptors (Lipinski definition) is 51. The summed E-state index contributed by atoms with van der Waals surface area (Å²) in [6, 6.07) is 0. The van der Waals surface area contributed by atoms with Gasteiger partial charge >= 0.3 is 24.6 Å². The molecule has 0 aliphatic carbocycles. The van der Waals surface area contributed by atoms with Crippen LogP contribution in [0.3, 0.4) is 0 Å². The van der Waals surface area contributed by atoms with Gasteiger partial charge in [0.1, 0.15) is 54.9 Å². The number of imidazole rings is 3. The molecule has 3 saturated heterocycles. The molecule has 9 heterocycles. The minimum absolute atomic E-state index is 0. The Hall–Kier alpha value is -5.84. The average Bonchev–Trinajstić information content (AvgIpc) is 1.63. The molecule has 3 aliphatic heterocycles. The SMILES string of the molecule is Nc1nc2c(ncn2[C@@H]2O[C@H](COP(=O)([O-])OP(=O)([O-])OP(=O)([O-])[O-])[C@@H](O)[C@H]2O)c(=O)[nH]1.Nc1nc2c(ncn2[C@@H]2O[C@H](COP(=O)([O-])OP(=O)([O-])OP(=O)([O-])[O-])[C@@H](O)[C@H]2O)c(=O)[nH]1.Nc1nc2c(ncn2[C@@H]2O[C@H](COP(=O)([O-])OP(=O)([O-])OP(=O)([O-])[O-])[C@@H](O)[C@H]2O)c(=O)[nH]1.[N+3].[N+3].[N+3].[N+3]. The molecule has 0 amide bonds. The second-order valence-corrected chi connectivity index (χ2v) is 31.1. The Bertz CT molecular complexity index is 4070. The number of phosphoric ester groups is 3. The van der Waals surface area contributed by atoms with Crippen LogP contribution in [-0.2, 0) is 94.7 Å². The summed E-state index contributed by atoms with van der Waals surface area (Å²) in [6.07, 6.45) is -16.8. The maximum absolute atomic E-state index is 11.8. The Kier molecular flexibility index (Phi) is 28.7. The van der Waals surface area contributed by atoms with Crippen molar-refractivity contribution in [2.75, 3.05) is 37.0 Å². The van der Waals surface area contributed by atoms with Gasteiger partial charge in [0.25, 0.3) is 63.6 Å². The summed E-state index contributed by atoms with van der Waals surface area (Å²) in [5.41, 5.74) is 13.2. The monoisotopic (exact) mass is 1610 g/mol. The lowest BCUT2D eigenvalue weighted by Gasteiger charge is -2.37. The van der Waals surface area contributed by atoms with E-state index in [-0.39, 0.29) is 75.9 Å². The molecule has 0 spiro atoms.